The summed E-state index contributed by atoms with van der Waals surface area (Å²) in [5, 5.41) is 3.18. The number of hydrogen-bond acceptors (Lipinski definition) is 6. The van der Waals surface area contributed by atoms with E-state index in [9.17, 15) is 9.18 Å². The van der Waals surface area contributed by atoms with Gasteiger partial charge in [-0.3, -0.25) is 4.79 Å². The highest BCUT2D eigenvalue weighted by molar-refractivity contribution is 5.95. The molecule has 1 saturated heterocycles. The summed E-state index contributed by atoms with van der Waals surface area (Å²) in [5.74, 6) is 0.910. The van der Waals surface area contributed by atoms with Crippen molar-refractivity contribution in [3.05, 3.63) is 77.4 Å². The smallest absolute Gasteiger partial charge is 0.257 e. The molecule has 2 aromatic carbocycles. The number of anilines is 2. The molecule has 1 aliphatic rings. The molecule has 2 heterocycles. The lowest BCUT2D eigenvalue weighted by atomic mass is 10.2. The van der Waals surface area contributed by atoms with Crippen molar-refractivity contribution in [3.63, 3.8) is 0 Å². The monoisotopic (exact) mass is 435 g/mol. The highest BCUT2D eigenvalue weighted by Gasteiger charge is 2.25. The Labute approximate surface area is 186 Å². The maximum absolute atomic E-state index is 14.0. The largest absolute Gasteiger partial charge is 0.497 e. The zero-order chi connectivity index (χ0) is 22.5. The van der Waals surface area contributed by atoms with Crippen LogP contribution in [0, 0.1) is 12.7 Å². The van der Waals surface area contributed by atoms with Gasteiger partial charge in [0.2, 0.25) is 5.95 Å². The number of nitrogens with zero attached hydrogens (tertiary/aromatic N) is 4. The van der Waals surface area contributed by atoms with Crippen molar-refractivity contribution >= 4 is 17.5 Å². The number of nitrogens with one attached hydrogen (secondary N) is 1. The molecule has 8 heteroatoms. The molecule has 1 aliphatic heterocycles. The summed E-state index contributed by atoms with van der Waals surface area (Å²) in [6.45, 7) is 4.54. The number of aromatic nitrogens is 2. The summed E-state index contributed by atoms with van der Waals surface area (Å²) in [6, 6.07) is 14.5. The molecule has 32 heavy (non-hydrogen) atoms. The molecule has 0 radical (unpaired) electrons. The minimum Gasteiger partial charge on any atom is -0.497 e. The zero-order valence-electron chi connectivity index (χ0n) is 18.2. The maximum Gasteiger partial charge on any atom is 0.257 e. The Balaban J connectivity index is 1.36. The van der Waals surface area contributed by atoms with Gasteiger partial charge in [0.05, 0.1) is 24.1 Å². The van der Waals surface area contributed by atoms with Gasteiger partial charge >= 0.3 is 0 Å². The molecule has 0 bridgehead atoms. The van der Waals surface area contributed by atoms with E-state index in [1.54, 1.807) is 37.3 Å². The van der Waals surface area contributed by atoms with E-state index in [2.05, 4.69) is 15.3 Å². The van der Waals surface area contributed by atoms with E-state index in [1.165, 1.54) is 6.07 Å². The van der Waals surface area contributed by atoms with Gasteiger partial charge in [0.15, 0.2) is 0 Å². The predicted molar refractivity (Wildman–Crippen MR) is 122 cm³/mol. The van der Waals surface area contributed by atoms with Crippen LogP contribution >= 0.6 is 0 Å². The molecular formula is C24H26FN5O2. The van der Waals surface area contributed by atoms with Crippen molar-refractivity contribution in [1.29, 1.82) is 0 Å². The molecule has 1 fully saturated rings. The summed E-state index contributed by atoms with van der Waals surface area (Å²) in [7, 11) is 1.63. The Kier molecular flexibility index (Phi) is 6.49. The van der Waals surface area contributed by atoms with Crippen LogP contribution in [0.2, 0.25) is 0 Å². The number of ether oxygens (including phenoxy) is 1. The normalized spacial score (nSPS) is 13.7. The Bertz CT molecular complexity index is 1100. The Morgan fingerprint density at radius 2 is 1.91 bits per heavy atom. The Morgan fingerprint density at radius 3 is 2.62 bits per heavy atom. The third kappa shape index (κ3) is 4.80. The van der Waals surface area contributed by atoms with E-state index >= 15 is 0 Å². The van der Waals surface area contributed by atoms with Crippen LogP contribution in [0.15, 0.2) is 54.7 Å². The van der Waals surface area contributed by atoms with Gasteiger partial charge in [-0.05, 0) is 36.8 Å². The Morgan fingerprint density at radius 1 is 1.12 bits per heavy atom. The van der Waals surface area contributed by atoms with Gasteiger partial charge in [0.1, 0.15) is 11.6 Å². The second-order valence-electron chi connectivity index (χ2n) is 7.63. The van der Waals surface area contributed by atoms with Crippen LogP contribution in [0.5, 0.6) is 5.75 Å². The number of amides is 1. The zero-order valence-corrected chi connectivity index (χ0v) is 18.2. The molecule has 1 aromatic heterocycles. The number of carbonyl (C=O) groups excluding carboxylic acids is 1. The van der Waals surface area contributed by atoms with E-state index in [0.717, 1.165) is 11.3 Å². The second kappa shape index (κ2) is 9.64. The summed E-state index contributed by atoms with van der Waals surface area (Å²) in [5.41, 5.74) is 2.72. The minimum atomic E-state index is -0.242. The fourth-order valence-corrected chi connectivity index (χ4v) is 3.75. The fourth-order valence-electron chi connectivity index (χ4n) is 3.75. The lowest BCUT2D eigenvalue weighted by Gasteiger charge is -2.36. The maximum atomic E-state index is 14.0. The Hall–Kier alpha value is -3.68. The predicted octanol–water partition coefficient (Wildman–Crippen LogP) is 3.51. The number of carbonyl (C=O) groups is 1. The van der Waals surface area contributed by atoms with Gasteiger partial charge in [-0.15, -0.1) is 0 Å². The summed E-state index contributed by atoms with van der Waals surface area (Å²) in [6.07, 6.45) is 1.57. The van der Waals surface area contributed by atoms with E-state index in [4.69, 9.17) is 4.74 Å². The van der Waals surface area contributed by atoms with Crippen molar-refractivity contribution in [1.82, 2.24) is 14.9 Å². The van der Waals surface area contributed by atoms with Crippen LogP contribution in [-0.4, -0.2) is 54.1 Å². The van der Waals surface area contributed by atoms with Crippen LogP contribution in [0.25, 0.3) is 0 Å². The van der Waals surface area contributed by atoms with Crippen molar-refractivity contribution in [2.75, 3.05) is 43.5 Å². The molecule has 1 amide bonds. The molecule has 0 unspecified atom stereocenters. The fraction of sp³-hybridized carbons (Fsp3) is 0.292. The third-order valence-electron chi connectivity index (χ3n) is 5.55. The van der Waals surface area contributed by atoms with E-state index in [1.807, 2.05) is 35.2 Å². The third-order valence-corrected chi connectivity index (χ3v) is 5.55. The molecule has 4 rings (SSSR count). The molecular weight excluding hydrogens is 409 g/mol. The molecule has 0 aliphatic carbocycles. The number of aryl methyl sites for hydroxylation is 1. The molecule has 7 nitrogen and oxygen atoms in total. The number of methoxy groups -OCH3 is 1. The van der Waals surface area contributed by atoms with Crippen LogP contribution in [0.3, 0.4) is 0 Å². The molecule has 166 valence electrons. The van der Waals surface area contributed by atoms with Crippen molar-refractivity contribution in [3.8, 4) is 5.75 Å². The van der Waals surface area contributed by atoms with Crippen LogP contribution in [0.4, 0.5) is 16.0 Å². The van der Waals surface area contributed by atoms with E-state index in [0.29, 0.717) is 55.6 Å². The van der Waals surface area contributed by atoms with E-state index in [-0.39, 0.29) is 11.7 Å². The number of hydrogen-bond donors (Lipinski definition) is 1. The van der Waals surface area contributed by atoms with Gasteiger partial charge in [0, 0.05) is 38.9 Å². The van der Waals surface area contributed by atoms with Crippen LogP contribution in [-0.2, 0) is 6.54 Å². The van der Waals surface area contributed by atoms with Gasteiger partial charge in [-0.25, -0.2) is 14.4 Å². The summed E-state index contributed by atoms with van der Waals surface area (Å²) >= 11 is 0. The van der Waals surface area contributed by atoms with E-state index < -0.39 is 0 Å². The lowest BCUT2D eigenvalue weighted by Crippen LogP contribution is -2.49. The van der Waals surface area contributed by atoms with Gasteiger partial charge in [-0.2, -0.15) is 0 Å². The molecule has 0 spiro atoms. The topological polar surface area (TPSA) is 70.6 Å². The summed E-state index contributed by atoms with van der Waals surface area (Å²) < 4.78 is 19.3. The highest BCUT2D eigenvalue weighted by Crippen LogP contribution is 2.21. The van der Waals surface area contributed by atoms with Crippen molar-refractivity contribution in [2.45, 2.75) is 13.5 Å². The minimum absolute atomic E-state index is 0.102. The van der Waals surface area contributed by atoms with Crippen LogP contribution < -0.4 is 15.0 Å². The van der Waals surface area contributed by atoms with Crippen LogP contribution in [0.1, 0.15) is 21.6 Å². The van der Waals surface area contributed by atoms with Gasteiger partial charge < -0.3 is 19.9 Å². The number of benzene rings is 2. The number of rotatable bonds is 6. The standard InChI is InChI=1S/C24H26FN5O2/c1-17-20(16-27-24(28-17)26-15-18-6-5-7-19(14-18)32-2)23(31)30-12-10-29(11-13-30)22-9-4-3-8-21(22)25/h3-9,14,16H,10-13,15H2,1-2H3,(H,26,27,28). The molecule has 1 N–H and O–H groups in total. The molecule has 0 saturated carbocycles. The SMILES string of the molecule is COc1cccc(CNc2ncc(C(=O)N3CCN(c4ccccc4F)CC3)c(C)n2)c1. The first-order chi connectivity index (χ1) is 15.5. The molecule has 3 aromatic rings. The quantitative estimate of drug-likeness (QED) is 0.639. The first-order valence-electron chi connectivity index (χ1n) is 10.5. The second-order valence-corrected chi connectivity index (χ2v) is 7.63. The van der Waals surface area contributed by atoms with Crippen molar-refractivity contribution < 1.29 is 13.9 Å². The van der Waals surface area contributed by atoms with Gasteiger partial charge in [0.25, 0.3) is 5.91 Å². The van der Waals surface area contributed by atoms with Crippen molar-refractivity contribution in [2.24, 2.45) is 0 Å². The average molecular weight is 436 g/mol. The lowest BCUT2D eigenvalue weighted by molar-refractivity contribution is 0.0745. The number of para-hydroxylation sites is 1. The highest BCUT2D eigenvalue weighted by atomic mass is 19.1. The first-order valence-corrected chi connectivity index (χ1v) is 10.5. The average Bonchev–Trinajstić information content (AvgIpc) is 2.83. The first kappa shape index (κ1) is 21.5. The summed E-state index contributed by atoms with van der Waals surface area (Å²) in [4.78, 5) is 25.5. The van der Waals surface area contributed by atoms with Gasteiger partial charge in [-0.1, -0.05) is 24.3 Å². The molecule has 0 atom stereocenters. The number of piperazine rings is 1. The number of halogens is 1.